The lowest BCUT2D eigenvalue weighted by Crippen LogP contribution is -2.48. The Balaban J connectivity index is 1.19. The lowest BCUT2D eigenvalue weighted by molar-refractivity contribution is 0.0511. The number of hydrogen-bond donors (Lipinski definition) is 0. The summed E-state index contributed by atoms with van der Waals surface area (Å²) in [5.74, 6) is 0.607. The summed E-state index contributed by atoms with van der Waals surface area (Å²) in [5, 5.41) is 0. The van der Waals surface area contributed by atoms with E-state index in [0.29, 0.717) is 18.0 Å². The van der Waals surface area contributed by atoms with Gasteiger partial charge in [-0.05, 0) is 75.4 Å². The molecule has 0 N–H and O–H groups in total. The quantitative estimate of drug-likeness (QED) is 0.378. The van der Waals surface area contributed by atoms with Crippen LogP contribution in [-0.2, 0) is 0 Å². The Morgan fingerprint density at radius 3 is 1.97 bits per heavy atom. The van der Waals surface area contributed by atoms with Crippen molar-refractivity contribution in [1.29, 1.82) is 0 Å². The first-order valence-corrected chi connectivity index (χ1v) is 14.1. The summed E-state index contributed by atoms with van der Waals surface area (Å²) in [6, 6.07) is 30.8. The number of carbonyl (C=O) groups excluding carboxylic acids is 1. The molecule has 2 aliphatic rings. The summed E-state index contributed by atoms with van der Waals surface area (Å²) >= 11 is 0. The molecule has 5 rings (SSSR count). The average molecular weight is 496 g/mol. The molecule has 0 bridgehead atoms. The Morgan fingerprint density at radius 2 is 1.38 bits per heavy atom. The lowest BCUT2D eigenvalue weighted by atomic mass is 9.88. The van der Waals surface area contributed by atoms with Gasteiger partial charge in [0.2, 0.25) is 0 Å². The summed E-state index contributed by atoms with van der Waals surface area (Å²) in [6.07, 6.45) is 4.54. The monoisotopic (exact) mass is 495 g/mol. The molecule has 37 heavy (non-hydrogen) atoms. The minimum atomic E-state index is 0.188. The second kappa shape index (κ2) is 12.0. The van der Waals surface area contributed by atoms with E-state index in [1.807, 2.05) is 6.07 Å². The fraction of sp³-hybridized carbons (Fsp3) is 0.424. The molecule has 0 aliphatic carbocycles. The van der Waals surface area contributed by atoms with Gasteiger partial charge >= 0.3 is 0 Å². The molecular weight excluding hydrogens is 454 g/mol. The van der Waals surface area contributed by atoms with Crippen LogP contribution in [0.3, 0.4) is 0 Å². The Bertz CT molecular complexity index is 1090. The number of piperazine rings is 1. The molecule has 4 nitrogen and oxygen atoms in total. The molecule has 0 radical (unpaired) electrons. The van der Waals surface area contributed by atoms with Gasteiger partial charge in [0.15, 0.2) is 0 Å². The number of benzene rings is 3. The molecule has 2 saturated heterocycles. The van der Waals surface area contributed by atoms with Crippen LogP contribution in [0, 0.1) is 0 Å². The number of hydrogen-bond acceptors (Lipinski definition) is 3. The van der Waals surface area contributed by atoms with Crippen molar-refractivity contribution in [2.75, 3.05) is 37.6 Å². The van der Waals surface area contributed by atoms with E-state index in [1.54, 1.807) is 0 Å². The molecule has 0 spiro atoms. The van der Waals surface area contributed by atoms with Crippen LogP contribution >= 0.6 is 0 Å². The fourth-order valence-corrected chi connectivity index (χ4v) is 6.24. The maximum atomic E-state index is 13.4. The maximum absolute atomic E-state index is 13.4. The number of rotatable bonds is 7. The summed E-state index contributed by atoms with van der Waals surface area (Å²) in [7, 11) is 0. The van der Waals surface area contributed by atoms with Crippen molar-refractivity contribution in [3.8, 4) is 0 Å². The molecular formula is C33H41N3O. The van der Waals surface area contributed by atoms with Crippen LogP contribution in [0.2, 0.25) is 0 Å². The second-order valence-electron chi connectivity index (χ2n) is 10.9. The van der Waals surface area contributed by atoms with E-state index in [1.165, 1.54) is 23.2 Å². The zero-order chi connectivity index (χ0) is 25.6. The molecule has 4 heteroatoms. The third kappa shape index (κ3) is 6.07. The second-order valence-corrected chi connectivity index (χ2v) is 10.9. The van der Waals surface area contributed by atoms with Crippen LogP contribution in [0.5, 0.6) is 0 Å². The number of nitrogens with zero attached hydrogens (tertiary/aromatic N) is 3. The molecule has 2 atom stereocenters. The van der Waals surface area contributed by atoms with Gasteiger partial charge in [0.05, 0.1) is 0 Å². The molecule has 194 valence electrons. The largest absolute Gasteiger partial charge is 0.369 e. The first-order valence-electron chi connectivity index (χ1n) is 14.1. The Hall–Kier alpha value is -3.11. The highest BCUT2D eigenvalue weighted by Gasteiger charge is 2.30. The van der Waals surface area contributed by atoms with Crippen LogP contribution in [-0.4, -0.2) is 60.5 Å². The van der Waals surface area contributed by atoms with Gasteiger partial charge in [-0.25, -0.2) is 0 Å². The van der Waals surface area contributed by atoms with E-state index >= 15 is 0 Å². The number of amides is 1. The molecule has 2 aliphatic heterocycles. The van der Waals surface area contributed by atoms with Gasteiger partial charge in [0, 0.05) is 55.4 Å². The van der Waals surface area contributed by atoms with Crippen LogP contribution in [0.4, 0.5) is 5.69 Å². The van der Waals surface area contributed by atoms with Crippen LogP contribution in [0.25, 0.3) is 0 Å². The summed E-state index contributed by atoms with van der Waals surface area (Å²) < 4.78 is 0. The van der Waals surface area contributed by atoms with Crippen molar-refractivity contribution in [1.82, 2.24) is 9.80 Å². The zero-order valence-electron chi connectivity index (χ0n) is 22.4. The minimum Gasteiger partial charge on any atom is -0.369 e. The number of piperidine rings is 1. The van der Waals surface area contributed by atoms with Crippen LogP contribution < -0.4 is 4.90 Å². The van der Waals surface area contributed by atoms with Gasteiger partial charge in [0.1, 0.15) is 0 Å². The van der Waals surface area contributed by atoms with E-state index in [9.17, 15) is 4.79 Å². The van der Waals surface area contributed by atoms with Crippen LogP contribution in [0.1, 0.15) is 66.9 Å². The molecule has 3 aromatic rings. The van der Waals surface area contributed by atoms with Gasteiger partial charge in [-0.15, -0.1) is 0 Å². The SMILES string of the molecule is CC1CCCC(C)N1C(=O)c1cccc(N2CCN(CCC(c3ccccc3)c3ccccc3)CC2)c1. The molecule has 3 aromatic carbocycles. The highest BCUT2D eigenvalue weighted by molar-refractivity contribution is 5.95. The number of carbonyl (C=O) groups is 1. The van der Waals surface area contributed by atoms with E-state index < -0.39 is 0 Å². The van der Waals surface area contributed by atoms with Gasteiger partial charge in [0.25, 0.3) is 5.91 Å². The Labute approximate surface area is 222 Å². The maximum Gasteiger partial charge on any atom is 0.254 e. The van der Waals surface area contributed by atoms with Crippen molar-refractivity contribution in [3.63, 3.8) is 0 Å². The smallest absolute Gasteiger partial charge is 0.254 e. The van der Waals surface area contributed by atoms with Crippen LogP contribution in [0.15, 0.2) is 84.9 Å². The van der Waals surface area contributed by atoms with E-state index in [0.717, 1.165) is 57.5 Å². The predicted octanol–water partition coefficient (Wildman–Crippen LogP) is 6.43. The third-order valence-electron chi connectivity index (χ3n) is 8.40. The van der Waals surface area contributed by atoms with E-state index in [4.69, 9.17) is 0 Å². The zero-order valence-corrected chi connectivity index (χ0v) is 22.4. The summed E-state index contributed by atoms with van der Waals surface area (Å²) in [4.78, 5) is 20.5. The summed E-state index contributed by atoms with van der Waals surface area (Å²) in [6.45, 7) is 9.56. The summed E-state index contributed by atoms with van der Waals surface area (Å²) in [5.41, 5.74) is 4.79. The number of anilines is 1. The minimum absolute atomic E-state index is 0.188. The average Bonchev–Trinajstić information content (AvgIpc) is 2.94. The molecule has 1 amide bonds. The molecule has 0 saturated carbocycles. The predicted molar refractivity (Wildman–Crippen MR) is 153 cm³/mol. The van der Waals surface area contributed by atoms with Gasteiger partial charge < -0.3 is 9.80 Å². The fourth-order valence-electron chi connectivity index (χ4n) is 6.24. The van der Waals surface area contributed by atoms with E-state index in [2.05, 4.69) is 107 Å². The molecule has 2 fully saturated rings. The van der Waals surface area contributed by atoms with Crippen molar-refractivity contribution in [3.05, 3.63) is 102 Å². The van der Waals surface area contributed by atoms with Crippen molar-refractivity contribution < 1.29 is 4.79 Å². The van der Waals surface area contributed by atoms with E-state index in [-0.39, 0.29) is 5.91 Å². The third-order valence-corrected chi connectivity index (χ3v) is 8.40. The normalized spacial score (nSPS) is 20.8. The highest BCUT2D eigenvalue weighted by atomic mass is 16.2. The first kappa shape index (κ1) is 25.5. The lowest BCUT2D eigenvalue weighted by Gasteiger charge is -2.39. The Kier molecular flexibility index (Phi) is 8.25. The van der Waals surface area contributed by atoms with Gasteiger partial charge in [-0.2, -0.15) is 0 Å². The van der Waals surface area contributed by atoms with Gasteiger partial charge in [-0.3, -0.25) is 9.69 Å². The number of likely N-dealkylation sites (tertiary alicyclic amines) is 1. The van der Waals surface area contributed by atoms with Gasteiger partial charge in [-0.1, -0.05) is 66.7 Å². The molecule has 2 heterocycles. The van der Waals surface area contributed by atoms with Crippen molar-refractivity contribution in [2.24, 2.45) is 0 Å². The molecule has 2 unspecified atom stereocenters. The van der Waals surface area contributed by atoms with Crippen molar-refractivity contribution >= 4 is 11.6 Å². The highest BCUT2D eigenvalue weighted by Crippen LogP contribution is 2.29. The molecule has 0 aromatic heterocycles. The van der Waals surface area contributed by atoms with Crippen molar-refractivity contribution in [2.45, 2.75) is 57.5 Å². The Morgan fingerprint density at radius 1 is 0.784 bits per heavy atom. The topological polar surface area (TPSA) is 26.8 Å². The first-order chi connectivity index (χ1) is 18.1. The standard InChI is InChI=1S/C33H41N3O/c1-26-11-9-12-27(2)36(26)33(37)30-17-10-18-31(25-30)35-23-21-34(22-24-35)20-19-32(28-13-5-3-6-14-28)29-15-7-4-8-16-29/h3-8,10,13-18,25-27,32H,9,11-12,19-24H2,1-2H3.